The average molecular weight is 473 g/mol. The summed E-state index contributed by atoms with van der Waals surface area (Å²) in [5.41, 5.74) is 2.90. The van der Waals surface area contributed by atoms with Crippen molar-refractivity contribution in [3.8, 4) is 0 Å². The molecule has 0 heterocycles. The molecule has 1 N–H and O–H groups in total. The zero-order chi connectivity index (χ0) is 22.4. The van der Waals surface area contributed by atoms with E-state index in [1.165, 1.54) is 43.2 Å². The Kier molecular flexibility index (Phi) is 22.0. The summed E-state index contributed by atoms with van der Waals surface area (Å²) in [5, 5.41) is 17.3. The van der Waals surface area contributed by atoms with Crippen LogP contribution in [0, 0.1) is 5.92 Å². The van der Waals surface area contributed by atoms with Crippen LogP contribution in [0.5, 0.6) is 0 Å². The second-order valence-corrected chi connectivity index (χ2v) is 8.32. The number of hydrogen-bond acceptors (Lipinski definition) is 6. The van der Waals surface area contributed by atoms with E-state index in [0.29, 0.717) is 0 Å². The van der Waals surface area contributed by atoms with Crippen molar-refractivity contribution in [2.75, 3.05) is 0 Å². The predicted molar refractivity (Wildman–Crippen MR) is 108 cm³/mol. The summed E-state index contributed by atoms with van der Waals surface area (Å²) in [7, 11) is -4.94. The maximum absolute atomic E-state index is 10.2. The van der Waals surface area contributed by atoms with E-state index in [1.54, 1.807) is 0 Å². The number of rotatable bonds is 11. The summed E-state index contributed by atoms with van der Waals surface area (Å²) in [6, 6.07) is 8.80. The second kappa shape index (κ2) is 19.3. The SMILES string of the molecule is CC=Cc1ccccc1CC(CC)CCCC.O=C([O-])CC(C(=O)[O-])S(=O)(=O)O.[Na+].[Na+]. The van der Waals surface area contributed by atoms with Crippen LogP contribution < -0.4 is 69.3 Å². The van der Waals surface area contributed by atoms with Crippen LogP contribution in [-0.4, -0.2) is 30.2 Å². The largest absolute Gasteiger partial charge is 1.00 e. The number of benzene rings is 1. The van der Waals surface area contributed by atoms with Gasteiger partial charge in [-0.2, -0.15) is 8.42 Å². The van der Waals surface area contributed by atoms with Crippen LogP contribution >= 0.6 is 0 Å². The molecule has 2 unspecified atom stereocenters. The van der Waals surface area contributed by atoms with Gasteiger partial charge in [-0.25, -0.2) is 0 Å². The Labute approximate surface area is 230 Å². The molecule has 0 amide bonds. The fourth-order valence-corrected chi connectivity index (χ4v) is 3.37. The van der Waals surface area contributed by atoms with Crippen molar-refractivity contribution in [3.63, 3.8) is 0 Å². The molecule has 0 fully saturated rings. The summed E-state index contributed by atoms with van der Waals surface area (Å²) >= 11 is 0. The van der Waals surface area contributed by atoms with Gasteiger partial charge in [-0.15, -0.1) is 0 Å². The van der Waals surface area contributed by atoms with E-state index < -0.39 is 33.7 Å². The Morgan fingerprint density at radius 3 is 2.10 bits per heavy atom. The molecule has 1 rings (SSSR count). The minimum absolute atomic E-state index is 0. The quantitative estimate of drug-likeness (QED) is 0.254. The zero-order valence-corrected chi connectivity index (χ0v) is 24.0. The minimum atomic E-state index is -4.94. The molecule has 1 aromatic carbocycles. The summed E-state index contributed by atoms with van der Waals surface area (Å²) in [4.78, 5) is 19.7. The van der Waals surface area contributed by atoms with Gasteiger partial charge in [-0.05, 0) is 30.4 Å². The van der Waals surface area contributed by atoms with E-state index in [0.717, 1.165) is 5.92 Å². The van der Waals surface area contributed by atoms with Crippen molar-refractivity contribution in [1.29, 1.82) is 0 Å². The first-order valence-corrected chi connectivity index (χ1v) is 11.1. The summed E-state index contributed by atoms with van der Waals surface area (Å²) in [6.45, 7) is 6.68. The van der Waals surface area contributed by atoms with Crippen molar-refractivity contribution in [2.24, 2.45) is 5.92 Å². The van der Waals surface area contributed by atoms with Crippen molar-refractivity contribution in [2.45, 2.75) is 64.5 Å². The summed E-state index contributed by atoms with van der Waals surface area (Å²) < 4.78 is 28.5. The van der Waals surface area contributed by atoms with Crippen LogP contribution in [-0.2, 0) is 26.1 Å². The van der Waals surface area contributed by atoms with E-state index in [-0.39, 0.29) is 59.1 Å². The molecular formula is C21H30Na2O7S. The molecule has 0 aliphatic carbocycles. The van der Waals surface area contributed by atoms with Gasteiger partial charge >= 0.3 is 59.1 Å². The van der Waals surface area contributed by atoms with Gasteiger partial charge in [-0.3, -0.25) is 4.55 Å². The first-order valence-electron chi connectivity index (χ1n) is 9.64. The molecular weight excluding hydrogens is 442 g/mol. The monoisotopic (exact) mass is 472 g/mol. The molecule has 0 aromatic heterocycles. The summed E-state index contributed by atoms with van der Waals surface area (Å²) in [5.74, 6) is -3.23. The van der Waals surface area contributed by atoms with Crippen LogP contribution in [0.1, 0.15) is 64.0 Å². The van der Waals surface area contributed by atoms with E-state index in [4.69, 9.17) is 4.55 Å². The molecule has 31 heavy (non-hydrogen) atoms. The van der Waals surface area contributed by atoms with Crippen molar-refractivity contribution in [1.82, 2.24) is 0 Å². The maximum atomic E-state index is 10.2. The maximum Gasteiger partial charge on any atom is 1.00 e. The van der Waals surface area contributed by atoms with Crippen LogP contribution in [0.3, 0.4) is 0 Å². The van der Waals surface area contributed by atoms with Crippen LogP contribution in [0.4, 0.5) is 0 Å². The molecule has 10 heteroatoms. The Morgan fingerprint density at radius 2 is 1.71 bits per heavy atom. The van der Waals surface area contributed by atoms with Crippen molar-refractivity contribution >= 4 is 28.1 Å². The number of aliphatic carboxylic acids is 2. The molecule has 7 nitrogen and oxygen atoms in total. The number of carboxylic acid groups (broad SMARTS) is 2. The molecule has 164 valence electrons. The fourth-order valence-electron chi connectivity index (χ4n) is 2.78. The molecule has 0 bridgehead atoms. The fraction of sp³-hybridized carbons (Fsp3) is 0.524. The van der Waals surface area contributed by atoms with Crippen molar-refractivity contribution < 1.29 is 91.9 Å². The van der Waals surface area contributed by atoms with Crippen LogP contribution in [0.25, 0.3) is 6.08 Å². The molecule has 0 saturated heterocycles. The third kappa shape index (κ3) is 16.1. The number of carbonyl (C=O) groups is 2. The predicted octanol–water partition coefficient (Wildman–Crippen LogP) is -4.38. The van der Waals surface area contributed by atoms with Gasteiger partial charge in [0.25, 0.3) is 10.1 Å². The van der Waals surface area contributed by atoms with Gasteiger partial charge in [0.2, 0.25) is 0 Å². The first-order chi connectivity index (χ1) is 13.6. The van der Waals surface area contributed by atoms with E-state index in [1.807, 2.05) is 0 Å². The Bertz CT molecular complexity index is 780. The zero-order valence-electron chi connectivity index (χ0n) is 19.2. The standard InChI is InChI=1S/C17H26.C4H6O7S.2Na/c1-4-7-11-15(6-3)14-17-13-9-8-12-16(17)10-5-2;5-3(6)1-2(4(7)8)12(9,10)11;;/h5,8-10,12-13,15H,4,6-7,11,14H2,1-3H3;2H,1H2,(H,5,6)(H,7,8)(H,9,10,11);;/q;;2*+1/p-2. The number of carbonyl (C=O) groups excluding carboxylic acids is 2. The van der Waals surface area contributed by atoms with Crippen molar-refractivity contribution in [3.05, 3.63) is 41.5 Å². The average Bonchev–Trinajstić information content (AvgIpc) is 2.64. The molecule has 1 aromatic rings. The van der Waals surface area contributed by atoms with Gasteiger partial charge in [0.1, 0.15) is 5.25 Å². The van der Waals surface area contributed by atoms with Gasteiger partial charge in [-0.1, -0.05) is 75.9 Å². The molecule has 2 atom stereocenters. The van der Waals surface area contributed by atoms with E-state index in [9.17, 15) is 28.2 Å². The third-order valence-electron chi connectivity index (χ3n) is 4.43. The summed E-state index contributed by atoms with van der Waals surface area (Å²) in [6.07, 6.45) is 9.60. The van der Waals surface area contributed by atoms with Gasteiger partial charge in [0, 0.05) is 12.4 Å². The Balaban J connectivity index is -0.000000502. The van der Waals surface area contributed by atoms with E-state index in [2.05, 4.69) is 57.2 Å². The number of hydrogen-bond donors (Lipinski definition) is 1. The number of unbranched alkanes of at least 4 members (excludes halogenated alkanes) is 1. The topological polar surface area (TPSA) is 135 Å². The molecule has 0 saturated carbocycles. The van der Waals surface area contributed by atoms with Gasteiger partial charge < -0.3 is 19.8 Å². The van der Waals surface area contributed by atoms with Gasteiger partial charge in [0.15, 0.2) is 0 Å². The molecule has 0 aliphatic heterocycles. The second-order valence-electron chi connectivity index (χ2n) is 6.72. The third-order valence-corrected chi connectivity index (χ3v) is 5.51. The smallest absolute Gasteiger partial charge is 0.550 e. The number of allylic oxidation sites excluding steroid dienone is 1. The Morgan fingerprint density at radius 1 is 1.13 bits per heavy atom. The molecule has 0 aliphatic rings. The molecule has 0 radical (unpaired) electrons. The van der Waals surface area contributed by atoms with Gasteiger partial charge in [0.05, 0.1) is 5.97 Å². The number of carboxylic acids is 2. The minimum Gasteiger partial charge on any atom is -0.550 e. The molecule has 0 spiro atoms. The van der Waals surface area contributed by atoms with Crippen LogP contribution in [0.15, 0.2) is 30.3 Å². The Hall–Kier alpha value is -0.190. The van der Waals surface area contributed by atoms with E-state index >= 15 is 0 Å². The van der Waals surface area contributed by atoms with Crippen LogP contribution in [0.2, 0.25) is 0 Å². The first kappa shape index (κ1) is 35.4. The normalized spacial score (nSPS) is 12.5.